The average molecular weight is 371 g/mol. The van der Waals surface area contributed by atoms with Crippen molar-refractivity contribution in [1.82, 2.24) is 0 Å². The minimum absolute atomic E-state index is 0.257. The number of hydrogen-bond acceptors (Lipinski definition) is 4. The molecule has 0 atom stereocenters. The molecule has 3 rings (SSSR count). The second kappa shape index (κ2) is 7.63. The molecule has 1 aliphatic rings. The zero-order valence-electron chi connectivity index (χ0n) is 13.1. The quantitative estimate of drug-likeness (QED) is 0.429. The van der Waals surface area contributed by atoms with Gasteiger partial charge in [-0.05, 0) is 42.0 Å². The number of ether oxygens (including phenoxy) is 1. The molecule has 0 aliphatic carbocycles. The Balaban J connectivity index is 1.81. The van der Waals surface area contributed by atoms with Gasteiger partial charge in [-0.15, -0.1) is 0 Å². The number of anilines is 1. The minimum atomic E-state index is -0.411. The van der Waals surface area contributed by atoms with E-state index in [9.17, 15) is 9.18 Å². The highest BCUT2D eigenvalue weighted by Crippen LogP contribution is 2.36. The zero-order chi connectivity index (χ0) is 17.8. The fraction of sp³-hybridized carbons (Fsp3) is 0.0526. The van der Waals surface area contributed by atoms with Crippen molar-refractivity contribution in [3.8, 4) is 5.75 Å². The third-order valence-corrected chi connectivity index (χ3v) is 4.71. The maximum atomic E-state index is 13.4. The molecule has 0 bridgehead atoms. The maximum absolute atomic E-state index is 13.4. The third-order valence-electron chi connectivity index (χ3n) is 3.41. The predicted octanol–water partition coefficient (Wildman–Crippen LogP) is 4.80. The number of thioether (sulfide) groups is 1. The smallest absolute Gasteiger partial charge is 0.270 e. The van der Waals surface area contributed by atoms with Crippen LogP contribution in [0.5, 0.6) is 5.75 Å². The molecule has 0 radical (unpaired) electrons. The summed E-state index contributed by atoms with van der Waals surface area (Å²) in [5.41, 5.74) is 1.28. The van der Waals surface area contributed by atoms with Gasteiger partial charge in [0, 0.05) is 0 Å². The monoisotopic (exact) mass is 371 g/mol. The van der Waals surface area contributed by atoms with Crippen LogP contribution in [-0.2, 0) is 4.79 Å². The van der Waals surface area contributed by atoms with Gasteiger partial charge in [-0.2, -0.15) is 0 Å². The van der Waals surface area contributed by atoms with Crippen molar-refractivity contribution < 1.29 is 13.9 Å². The summed E-state index contributed by atoms with van der Waals surface area (Å²) in [5.74, 6) is 0.0580. The summed E-state index contributed by atoms with van der Waals surface area (Å²) in [6.45, 7) is 4.04. The van der Waals surface area contributed by atoms with E-state index in [2.05, 4.69) is 6.58 Å². The predicted molar refractivity (Wildman–Crippen MR) is 104 cm³/mol. The van der Waals surface area contributed by atoms with Crippen LogP contribution in [0.15, 0.2) is 66.1 Å². The summed E-state index contributed by atoms with van der Waals surface area (Å²) >= 11 is 6.48. The van der Waals surface area contributed by atoms with Crippen molar-refractivity contribution >= 4 is 46.0 Å². The molecule has 1 aliphatic heterocycles. The van der Waals surface area contributed by atoms with Crippen LogP contribution in [0, 0.1) is 5.82 Å². The summed E-state index contributed by atoms with van der Waals surface area (Å²) in [6.07, 6.45) is 3.43. The highest BCUT2D eigenvalue weighted by atomic mass is 32.2. The Morgan fingerprint density at radius 2 is 2.00 bits per heavy atom. The fourth-order valence-electron chi connectivity index (χ4n) is 2.27. The normalized spacial score (nSPS) is 15.7. The maximum Gasteiger partial charge on any atom is 0.270 e. The summed E-state index contributed by atoms with van der Waals surface area (Å²) in [6, 6.07) is 13.2. The van der Waals surface area contributed by atoms with Crippen molar-refractivity contribution in [1.29, 1.82) is 0 Å². The number of halogens is 1. The SMILES string of the molecule is C=CCOc1ccc(C=C2SC(=S)N(c3cccc(F)c3)C2=O)cc1. The van der Waals surface area contributed by atoms with Crippen molar-refractivity contribution in [2.24, 2.45) is 0 Å². The van der Waals surface area contributed by atoms with Gasteiger partial charge in [-0.1, -0.05) is 54.8 Å². The highest BCUT2D eigenvalue weighted by molar-refractivity contribution is 8.27. The topological polar surface area (TPSA) is 29.5 Å². The van der Waals surface area contributed by atoms with Gasteiger partial charge in [-0.25, -0.2) is 4.39 Å². The molecule has 3 nitrogen and oxygen atoms in total. The molecular formula is C19H14FNO2S2. The zero-order valence-corrected chi connectivity index (χ0v) is 14.8. The lowest BCUT2D eigenvalue weighted by Gasteiger charge is -2.14. The molecule has 1 fully saturated rings. The first-order valence-electron chi connectivity index (χ1n) is 7.46. The van der Waals surface area contributed by atoms with Gasteiger partial charge in [0.2, 0.25) is 0 Å². The molecule has 1 saturated heterocycles. The van der Waals surface area contributed by atoms with E-state index in [1.54, 1.807) is 24.3 Å². The summed E-state index contributed by atoms with van der Waals surface area (Å²) in [5, 5.41) is 0. The number of amides is 1. The van der Waals surface area contributed by atoms with E-state index < -0.39 is 5.82 Å². The van der Waals surface area contributed by atoms with Crippen LogP contribution < -0.4 is 9.64 Å². The number of rotatable bonds is 5. The van der Waals surface area contributed by atoms with Crippen LogP contribution in [0.3, 0.4) is 0 Å². The van der Waals surface area contributed by atoms with Gasteiger partial charge >= 0.3 is 0 Å². The van der Waals surface area contributed by atoms with E-state index in [0.717, 1.165) is 11.3 Å². The van der Waals surface area contributed by atoms with E-state index >= 15 is 0 Å². The van der Waals surface area contributed by atoms with E-state index in [-0.39, 0.29) is 5.91 Å². The first-order chi connectivity index (χ1) is 12.1. The van der Waals surface area contributed by atoms with Crippen molar-refractivity contribution in [3.63, 3.8) is 0 Å². The molecule has 1 heterocycles. The molecule has 0 spiro atoms. The summed E-state index contributed by atoms with van der Waals surface area (Å²) in [7, 11) is 0. The number of nitrogens with zero attached hydrogens (tertiary/aromatic N) is 1. The van der Waals surface area contributed by atoms with Crippen LogP contribution in [0.1, 0.15) is 5.56 Å². The van der Waals surface area contributed by atoms with Crippen molar-refractivity contribution in [3.05, 3.63) is 77.5 Å². The Hall–Kier alpha value is -2.44. The Morgan fingerprint density at radius 1 is 1.24 bits per heavy atom. The Kier molecular flexibility index (Phi) is 5.31. The van der Waals surface area contributed by atoms with Crippen LogP contribution in [0.2, 0.25) is 0 Å². The van der Waals surface area contributed by atoms with Crippen LogP contribution >= 0.6 is 24.0 Å². The molecule has 0 saturated carbocycles. The van der Waals surface area contributed by atoms with Crippen molar-refractivity contribution in [2.45, 2.75) is 0 Å². The second-order valence-electron chi connectivity index (χ2n) is 5.17. The van der Waals surface area contributed by atoms with Gasteiger partial charge in [0.15, 0.2) is 4.32 Å². The lowest BCUT2D eigenvalue weighted by molar-refractivity contribution is -0.113. The van der Waals surface area contributed by atoms with E-state index in [0.29, 0.717) is 21.5 Å². The molecule has 1 amide bonds. The first-order valence-corrected chi connectivity index (χ1v) is 8.68. The molecule has 0 unspecified atom stereocenters. The number of benzene rings is 2. The van der Waals surface area contributed by atoms with E-state index in [1.807, 2.05) is 24.3 Å². The van der Waals surface area contributed by atoms with Gasteiger partial charge in [0.1, 0.15) is 18.2 Å². The third kappa shape index (κ3) is 3.97. The molecule has 0 N–H and O–H groups in total. The molecule has 2 aromatic rings. The van der Waals surface area contributed by atoms with Gasteiger partial charge in [0.05, 0.1) is 10.6 Å². The Bertz CT molecular complexity index is 862. The largest absolute Gasteiger partial charge is 0.490 e. The molecule has 126 valence electrons. The molecule has 0 aromatic heterocycles. The Morgan fingerprint density at radius 3 is 2.68 bits per heavy atom. The average Bonchev–Trinajstić information content (AvgIpc) is 2.88. The van der Waals surface area contributed by atoms with Crippen LogP contribution in [0.4, 0.5) is 10.1 Å². The number of thiocarbonyl (C=S) groups is 1. The number of carbonyl (C=O) groups is 1. The standard InChI is InChI=1S/C19H14FNO2S2/c1-2-10-23-16-8-6-13(7-9-16)11-17-18(22)21(19(24)25-17)15-5-3-4-14(20)12-15/h2-9,11-12H,1,10H2. The van der Waals surface area contributed by atoms with Crippen LogP contribution in [-0.4, -0.2) is 16.8 Å². The van der Waals surface area contributed by atoms with Gasteiger partial charge in [0.25, 0.3) is 5.91 Å². The molecule has 6 heteroatoms. The first kappa shape index (κ1) is 17.4. The van der Waals surface area contributed by atoms with Gasteiger partial charge in [-0.3, -0.25) is 9.69 Å². The number of carbonyl (C=O) groups excluding carboxylic acids is 1. The summed E-state index contributed by atoms with van der Waals surface area (Å²) in [4.78, 5) is 14.5. The fourth-order valence-corrected chi connectivity index (χ4v) is 3.57. The Labute approximate surface area is 154 Å². The minimum Gasteiger partial charge on any atom is -0.490 e. The van der Waals surface area contributed by atoms with Crippen LogP contribution in [0.25, 0.3) is 6.08 Å². The lowest BCUT2D eigenvalue weighted by Crippen LogP contribution is -2.27. The van der Waals surface area contributed by atoms with Crippen molar-refractivity contribution in [2.75, 3.05) is 11.5 Å². The molecule has 25 heavy (non-hydrogen) atoms. The molecule has 2 aromatic carbocycles. The summed E-state index contributed by atoms with van der Waals surface area (Å²) < 4.78 is 19.2. The highest BCUT2D eigenvalue weighted by Gasteiger charge is 2.33. The lowest BCUT2D eigenvalue weighted by atomic mass is 10.2. The second-order valence-corrected chi connectivity index (χ2v) is 6.84. The van der Waals surface area contributed by atoms with Gasteiger partial charge < -0.3 is 4.74 Å². The number of hydrogen-bond donors (Lipinski definition) is 0. The van der Waals surface area contributed by atoms with E-state index in [4.69, 9.17) is 17.0 Å². The van der Waals surface area contributed by atoms with E-state index in [1.165, 1.54) is 28.8 Å². The molecular weight excluding hydrogens is 357 g/mol.